The van der Waals surface area contributed by atoms with Crippen molar-refractivity contribution >= 4 is 49.7 Å². The Morgan fingerprint density at radius 1 is 0.596 bits per heavy atom. The van der Waals surface area contributed by atoms with Crippen LogP contribution >= 0.6 is 0 Å². The lowest BCUT2D eigenvalue weighted by Gasteiger charge is -2.28. The van der Waals surface area contributed by atoms with Gasteiger partial charge >= 0.3 is 0 Å². The zero-order valence-electron chi connectivity index (χ0n) is 29.3. The lowest BCUT2D eigenvalue weighted by molar-refractivity contribution is 0.660. The summed E-state index contributed by atoms with van der Waals surface area (Å²) in [7, 11) is 0. The predicted molar refractivity (Wildman–Crippen MR) is 218 cm³/mol. The zero-order valence-corrected chi connectivity index (χ0v) is 29.3. The van der Waals surface area contributed by atoms with E-state index >= 15 is 0 Å². The highest BCUT2D eigenvalue weighted by atomic mass is 15.1. The highest BCUT2D eigenvalue weighted by molar-refractivity contribution is 6.20. The van der Waals surface area contributed by atoms with Crippen LogP contribution < -0.4 is 4.90 Å². The number of hydrogen-bond donors (Lipinski definition) is 0. The second-order valence-corrected chi connectivity index (χ2v) is 14.3. The van der Waals surface area contributed by atoms with E-state index in [-0.39, 0.29) is 5.41 Å². The molecule has 0 spiro atoms. The van der Waals surface area contributed by atoms with Crippen molar-refractivity contribution in [2.45, 2.75) is 25.7 Å². The van der Waals surface area contributed by atoms with Gasteiger partial charge in [-0.2, -0.15) is 0 Å². The minimum atomic E-state index is -0.0774. The Morgan fingerprint density at radius 3 is 2.19 bits per heavy atom. The SMILES string of the molecule is CC1(C)c2ccccc2-c2ccc(N(C3=CCC=C(c4ccc5c(n4)c4c6ccccc6ccc4n5-c4ccccc4)C=C3)c3ccccc3)cc21. The van der Waals surface area contributed by atoms with E-state index in [2.05, 4.69) is 199 Å². The average Bonchev–Trinajstić information content (AvgIpc) is 3.50. The van der Waals surface area contributed by atoms with Crippen LogP contribution in [-0.2, 0) is 5.41 Å². The Bertz CT molecular complexity index is 2780. The van der Waals surface area contributed by atoms with Gasteiger partial charge in [-0.25, -0.2) is 4.98 Å². The van der Waals surface area contributed by atoms with Crippen molar-refractivity contribution in [2.24, 2.45) is 0 Å². The third kappa shape index (κ3) is 4.70. The summed E-state index contributed by atoms with van der Waals surface area (Å²) >= 11 is 0. The number of nitrogens with zero attached hydrogens (tertiary/aromatic N) is 3. The van der Waals surface area contributed by atoms with Crippen molar-refractivity contribution in [2.75, 3.05) is 4.90 Å². The Balaban J connectivity index is 1.07. The molecule has 0 unspecified atom stereocenters. The van der Waals surface area contributed by atoms with Crippen LogP contribution in [0.5, 0.6) is 0 Å². The first-order valence-corrected chi connectivity index (χ1v) is 18.1. The van der Waals surface area contributed by atoms with Gasteiger partial charge in [-0.05, 0) is 106 Å². The quantitative estimate of drug-likeness (QED) is 0.182. The minimum Gasteiger partial charge on any atom is -0.311 e. The standard InChI is InChI=1S/C49H37N3/c1-49(2)42-23-12-11-22-40(42)41-28-27-38(32-43(41)49)51(35-16-5-3-6-17-35)37-20-13-15-34(24-26-37)44-29-31-46-48(50-44)47-39-21-10-9-14-33(39)25-30-45(47)52(46)36-18-7-4-8-19-36/h3-12,14-32H,13H2,1-2H3. The number of benzene rings is 6. The lowest BCUT2D eigenvalue weighted by atomic mass is 9.82. The molecule has 6 aromatic carbocycles. The monoisotopic (exact) mass is 667 g/mol. The fraction of sp³-hybridized carbons (Fsp3) is 0.0816. The second-order valence-electron chi connectivity index (χ2n) is 14.3. The summed E-state index contributed by atoms with van der Waals surface area (Å²) in [6.45, 7) is 4.69. The summed E-state index contributed by atoms with van der Waals surface area (Å²) in [5, 5.41) is 3.63. The van der Waals surface area contributed by atoms with E-state index < -0.39 is 0 Å². The van der Waals surface area contributed by atoms with Gasteiger partial charge in [0.25, 0.3) is 0 Å². The number of rotatable bonds is 5. The minimum absolute atomic E-state index is 0.0774. The third-order valence-corrected chi connectivity index (χ3v) is 11.0. The molecule has 10 rings (SSSR count). The summed E-state index contributed by atoms with van der Waals surface area (Å²) in [4.78, 5) is 7.84. The van der Waals surface area contributed by atoms with Gasteiger partial charge in [0.05, 0.1) is 22.2 Å². The molecule has 0 N–H and O–H groups in total. The number of hydrogen-bond acceptors (Lipinski definition) is 2. The van der Waals surface area contributed by atoms with Crippen LogP contribution in [0.1, 0.15) is 37.1 Å². The van der Waals surface area contributed by atoms with Crippen LogP contribution in [0.2, 0.25) is 0 Å². The Labute approximate surface area is 304 Å². The van der Waals surface area contributed by atoms with Crippen LogP contribution in [-0.4, -0.2) is 9.55 Å². The first-order valence-electron chi connectivity index (χ1n) is 18.1. The average molecular weight is 668 g/mol. The topological polar surface area (TPSA) is 21.1 Å². The van der Waals surface area contributed by atoms with Crippen molar-refractivity contribution in [3.8, 4) is 16.8 Å². The molecule has 2 aliphatic rings. The summed E-state index contributed by atoms with van der Waals surface area (Å²) in [5.41, 5.74) is 15.3. The van der Waals surface area contributed by atoms with Crippen LogP contribution in [0, 0.1) is 0 Å². The molecular weight excluding hydrogens is 631 g/mol. The Morgan fingerprint density at radius 2 is 1.33 bits per heavy atom. The maximum absolute atomic E-state index is 5.45. The van der Waals surface area contributed by atoms with E-state index in [0.717, 1.165) is 57.0 Å². The molecule has 0 bridgehead atoms. The summed E-state index contributed by atoms with van der Waals surface area (Å²) in [6.07, 6.45) is 9.92. The molecule has 0 atom stereocenters. The molecule has 3 heteroatoms. The normalized spacial score (nSPS) is 14.6. The van der Waals surface area contributed by atoms with Gasteiger partial charge in [-0.1, -0.05) is 129 Å². The molecular formula is C49H37N3. The van der Waals surface area contributed by atoms with Crippen molar-refractivity contribution in [3.63, 3.8) is 0 Å². The van der Waals surface area contributed by atoms with Crippen molar-refractivity contribution in [3.05, 3.63) is 198 Å². The molecule has 2 heterocycles. The zero-order chi connectivity index (χ0) is 34.8. The lowest BCUT2D eigenvalue weighted by Crippen LogP contribution is -2.18. The van der Waals surface area contributed by atoms with E-state index in [9.17, 15) is 0 Å². The fourth-order valence-corrected chi connectivity index (χ4v) is 8.49. The van der Waals surface area contributed by atoms with E-state index in [0.29, 0.717) is 0 Å². The van der Waals surface area contributed by atoms with E-state index in [1.807, 2.05) is 0 Å². The van der Waals surface area contributed by atoms with Gasteiger partial charge in [0.15, 0.2) is 0 Å². The van der Waals surface area contributed by atoms with Crippen molar-refractivity contribution in [1.82, 2.24) is 9.55 Å². The highest BCUT2D eigenvalue weighted by Crippen LogP contribution is 2.50. The molecule has 8 aromatic rings. The number of fused-ring (bicyclic) bond motifs is 8. The number of allylic oxidation sites excluding steroid dienone is 5. The van der Waals surface area contributed by atoms with Crippen molar-refractivity contribution in [1.29, 1.82) is 0 Å². The van der Waals surface area contributed by atoms with Crippen molar-refractivity contribution < 1.29 is 0 Å². The second kappa shape index (κ2) is 11.8. The Kier molecular flexibility index (Phi) is 6.91. The molecule has 3 nitrogen and oxygen atoms in total. The maximum Gasteiger partial charge on any atom is 0.0977 e. The number of pyridine rings is 1. The molecule has 248 valence electrons. The fourth-order valence-electron chi connectivity index (χ4n) is 8.49. The van der Waals surface area contributed by atoms with E-state index in [4.69, 9.17) is 4.98 Å². The highest BCUT2D eigenvalue weighted by Gasteiger charge is 2.35. The molecule has 0 saturated heterocycles. The molecule has 0 aliphatic heterocycles. The largest absolute Gasteiger partial charge is 0.311 e. The molecule has 2 aliphatic carbocycles. The first kappa shape index (κ1) is 30.4. The summed E-state index contributed by atoms with van der Waals surface area (Å²) < 4.78 is 2.35. The molecule has 0 saturated carbocycles. The number of aromatic nitrogens is 2. The van der Waals surface area contributed by atoms with Gasteiger partial charge in [0.2, 0.25) is 0 Å². The molecule has 0 fully saturated rings. The van der Waals surface area contributed by atoms with Crippen LogP contribution in [0.4, 0.5) is 11.4 Å². The van der Waals surface area contributed by atoms with Crippen LogP contribution in [0.3, 0.4) is 0 Å². The number of anilines is 2. The Hall–Kier alpha value is -6.45. The predicted octanol–water partition coefficient (Wildman–Crippen LogP) is 12.7. The van der Waals surface area contributed by atoms with E-state index in [1.54, 1.807) is 0 Å². The molecule has 0 amide bonds. The third-order valence-electron chi connectivity index (χ3n) is 11.0. The molecule has 52 heavy (non-hydrogen) atoms. The van der Waals surface area contributed by atoms with Gasteiger partial charge in [0.1, 0.15) is 0 Å². The first-order chi connectivity index (χ1) is 25.6. The summed E-state index contributed by atoms with van der Waals surface area (Å²) in [6, 6.07) is 54.7. The number of para-hydroxylation sites is 2. The smallest absolute Gasteiger partial charge is 0.0977 e. The van der Waals surface area contributed by atoms with Crippen LogP contribution in [0.25, 0.3) is 55.1 Å². The van der Waals surface area contributed by atoms with Gasteiger partial charge in [-0.15, -0.1) is 0 Å². The molecule has 2 aromatic heterocycles. The van der Waals surface area contributed by atoms with E-state index in [1.165, 1.54) is 38.4 Å². The summed E-state index contributed by atoms with van der Waals surface area (Å²) in [5.74, 6) is 0. The maximum atomic E-state index is 5.45. The van der Waals surface area contributed by atoms with Gasteiger partial charge in [0, 0.05) is 33.6 Å². The van der Waals surface area contributed by atoms with Gasteiger partial charge < -0.3 is 9.47 Å². The van der Waals surface area contributed by atoms with Gasteiger partial charge in [-0.3, -0.25) is 0 Å². The van der Waals surface area contributed by atoms with Crippen LogP contribution in [0.15, 0.2) is 182 Å². The molecule has 0 radical (unpaired) electrons.